The molecular formula is C12H16F2N2O4S. The van der Waals surface area contributed by atoms with E-state index in [-0.39, 0.29) is 10.5 Å². The zero-order valence-corrected chi connectivity index (χ0v) is 12.1. The number of hydrogen-bond acceptors (Lipinski definition) is 4. The molecule has 9 heteroatoms. The summed E-state index contributed by atoms with van der Waals surface area (Å²) in [6.07, 6.45) is -2.88. The van der Waals surface area contributed by atoms with Crippen LogP contribution in [0.2, 0.25) is 0 Å². The molecule has 0 aromatic heterocycles. The molecule has 1 aromatic rings. The molecule has 3 N–H and O–H groups in total. The Bertz CT molecular complexity index is 620. The van der Waals surface area contributed by atoms with E-state index in [9.17, 15) is 22.0 Å². The molecule has 1 rings (SSSR count). The second-order valence-electron chi connectivity index (χ2n) is 4.32. The third-order valence-electron chi connectivity index (χ3n) is 2.80. The Labute approximate surface area is 121 Å². The minimum absolute atomic E-state index is 0.00271. The standard InChI is InChI=1S/C12H16F2N2O4S/c1-8-2-3-9(6-10(8)12(15)18)21(19,20)16(4-5-17)7-11(13)14/h2-3,6,11,17H,4-5,7H2,1H3,(H2,15,18). The van der Waals surface area contributed by atoms with Gasteiger partial charge in [-0.15, -0.1) is 0 Å². The molecular weight excluding hydrogens is 306 g/mol. The van der Waals surface area contributed by atoms with Crippen molar-refractivity contribution in [1.29, 1.82) is 0 Å². The summed E-state index contributed by atoms with van der Waals surface area (Å²) < 4.78 is 49.9. The zero-order valence-electron chi connectivity index (χ0n) is 11.3. The van der Waals surface area contributed by atoms with E-state index in [0.29, 0.717) is 9.87 Å². The van der Waals surface area contributed by atoms with Crippen molar-refractivity contribution in [3.63, 3.8) is 0 Å². The average Bonchev–Trinajstić information content (AvgIpc) is 2.37. The van der Waals surface area contributed by atoms with Crippen molar-refractivity contribution < 1.29 is 27.1 Å². The van der Waals surface area contributed by atoms with Crippen LogP contribution < -0.4 is 5.73 Å². The smallest absolute Gasteiger partial charge is 0.252 e. The molecule has 0 radical (unpaired) electrons. The number of aryl methyl sites for hydroxylation is 1. The summed E-state index contributed by atoms with van der Waals surface area (Å²) in [6.45, 7) is -0.531. The van der Waals surface area contributed by atoms with Crippen molar-refractivity contribution in [2.24, 2.45) is 5.73 Å². The van der Waals surface area contributed by atoms with Crippen LogP contribution in [0.4, 0.5) is 8.78 Å². The van der Waals surface area contributed by atoms with Gasteiger partial charge in [-0.25, -0.2) is 17.2 Å². The molecule has 0 aliphatic carbocycles. The first kappa shape index (κ1) is 17.5. The summed E-state index contributed by atoms with van der Waals surface area (Å²) in [4.78, 5) is 10.9. The lowest BCUT2D eigenvalue weighted by Gasteiger charge is -2.21. The number of hydrogen-bond donors (Lipinski definition) is 2. The lowest BCUT2D eigenvalue weighted by atomic mass is 10.1. The third kappa shape index (κ3) is 4.19. The second kappa shape index (κ2) is 6.92. The average molecular weight is 322 g/mol. The molecule has 0 atom stereocenters. The fourth-order valence-corrected chi connectivity index (χ4v) is 3.19. The predicted molar refractivity (Wildman–Crippen MR) is 71.5 cm³/mol. The van der Waals surface area contributed by atoms with Gasteiger partial charge in [0.25, 0.3) is 6.43 Å². The minimum Gasteiger partial charge on any atom is -0.395 e. The van der Waals surface area contributed by atoms with Crippen LogP contribution in [0.5, 0.6) is 0 Å². The van der Waals surface area contributed by atoms with Gasteiger partial charge in [0.05, 0.1) is 18.0 Å². The number of nitrogens with two attached hydrogens (primary N) is 1. The first-order valence-electron chi connectivity index (χ1n) is 5.99. The highest BCUT2D eigenvalue weighted by Crippen LogP contribution is 2.20. The fraction of sp³-hybridized carbons (Fsp3) is 0.417. The van der Waals surface area contributed by atoms with Crippen molar-refractivity contribution >= 4 is 15.9 Å². The minimum atomic E-state index is -4.25. The highest BCUT2D eigenvalue weighted by molar-refractivity contribution is 7.89. The van der Waals surface area contributed by atoms with Crippen molar-refractivity contribution in [3.8, 4) is 0 Å². The molecule has 0 heterocycles. The van der Waals surface area contributed by atoms with Gasteiger partial charge in [-0.3, -0.25) is 4.79 Å². The van der Waals surface area contributed by atoms with E-state index in [0.717, 1.165) is 6.07 Å². The molecule has 0 spiro atoms. The number of halogens is 2. The number of carbonyl (C=O) groups excluding carboxylic acids is 1. The van der Waals surface area contributed by atoms with Crippen LogP contribution in [-0.4, -0.2) is 49.9 Å². The normalized spacial score (nSPS) is 12.1. The van der Waals surface area contributed by atoms with Crippen LogP contribution >= 0.6 is 0 Å². The zero-order chi connectivity index (χ0) is 16.2. The summed E-state index contributed by atoms with van der Waals surface area (Å²) in [5.41, 5.74) is 5.61. The monoisotopic (exact) mass is 322 g/mol. The number of alkyl halides is 2. The van der Waals surface area contributed by atoms with Gasteiger partial charge in [0.1, 0.15) is 0 Å². The molecule has 0 unspecified atom stereocenters. The maximum atomic E-state index is 12.5. The lowest BCUT2D eigenvalue weighted by molar-refractivity contribution is 0.0999. The summed E-state index contributed by atoms with van der Waals surface area (Å²) in [5, 5.41) is 8.82. The van der Waals surface area contributed by atoms with Gasteiger partial charge in [-0.2, -0.15) is 4.31 Å². The van der Waals surface area contributed by atoms with Crippen LogP contribution in [0.1, 0.15) is 15.9 Å². The number of aliphatic hydroxyl groups excluding tert-OH is 1. The summed E-state index contributed by atoms with van der Waals surface area (Å²) in [5.74, 6) is -0.813. The Morgan fingerprint density at radius 1 is 1.43 bits per heavy atom. The van der Waals surface area contributed by atoms with Crippen LogP contribution in [0.15, 0.2) is 23.1 Å². The Hall–Kier alpha value is -1.58. The molecule has 0 aliphatic rings. The van der Waals surface area contributed by atoms with Gasteiger partial charge < -0.3 is 10.8 Å². The predicted octanol–water partition coefficient (Wildman–Crippen LogP) is 0.342. The fourth-order valence-electron chi connectivity index (χ4n) is 1.75. The van der Waals surface area contributed by atoms with Crippen molar-refractivity contribution in [1.82, 2.24) is 4.31 Å². The third-order valence-corrected chi connectivity index (χ3v) is 4.66. The van der Waals surface area contributed by atoms with E-state index in [2.05, 4.69) is 0 Å². The van der Waals surface area contributed by atoms with E-state index < -0.39 is 42.1 Å². The van der Waals surface area contributed by atoms with Gasteiger partial charge in [0, 0.05) is 12.1 Å². The number of aliphatic hydroxyl groups is 1. The number of primary amides is 1. The largest absolute Gasteiger partial charge is 0.395 e. The first-order chi connectivity index (χ1) is 9.70. The lowest BCUT2D eigenvalue weighted by Crippen LogP contribution is -2.37. The number of amides is 1. The molecule has 118 valence electrons. The van der Waals surface area contributed by atoms with Gasteiger partial charge in [0.2, 0.25) is 15.9 Å². The van der Waals surface area contributed by atoms with Crippen molar-refractivity contribution in [2.45, 2.75) is 18.2 Å². The Balaban J connectivity index is 3.27. The molecule has 1 amide bonds. The van der Waals surface area contributed by atoms with Gasteiger partial charge >= 0.3 is 0 Å². The number of nitrogens with zero attached hydrogens (tertiary/aromatic N) is 1. The molecule has 0 aliphatic heterocycles. The van der Waals surface area contributed by atoms with E-state index in [4.69, 9.17) is 10.8 Å². The molecule has 6 nitrogen and oxygen atoms in total. The maximum Gasteiger partial charge on any atom is 0.252 e. The van der Waals surface area contributed by atoms with Gasteiger partial charge in [-0.1, -0.05) is 6.07 Å². The van der Waals surface area contributed by atoms with Crippen LogP contribution in [0.3, 0.4) is 0 Å². The van der Waals surface area contributed by atoms with E-state index in [1.165, 1.54) is 12.1 Å². The highest BCUT2D eigenvalue weighted by Gasteiger charge is 2.27. The van der Waals surface area contributed by atoms with E-state index >= 15 is 0 Å². The quantitative estimate of drug-likeness (QED) is 0.756. The van der Waals surface area contributed by atoms with Crippen molar-refractivity contribution in [2.75, 3.05) is 19.7 Å². The topological polar surface area (TPSA) is 101 Å². The molecule has 0 bridgehead atoms. The summed E-state index contributed by atoms with van der Waals surface area (Å²) in [6, 6.07) is 3.61. The van der Waals surface area contributed by atoms with E-state index in [1.54, 1.807) is 6.92 Å². The van der Waals surface area contributed by atoms with Gasteiger partial charge in [-0.05, 0) is 24.6 Å². The molecule has 0 fully saturated rings. The van der Waals surface area contributed by atoms with E-state index in [1.807, 2.05) is 0 Å². The molecule has 0 saturated carbocycles. The SMILES string of the molecule is Cc1ccc(S(=O)(=O)N(CCO)CC(F)F)cc1C(N)=O. The summed E-state index contributed by atoms with van der Waals surface area (Å²) in [7, 11) is -4.25. The number of rotatable bonds is 7. The Morgan fingerprint density at radius 3 is 2.52 bits per heavy atom. The first-order valence-corrected chi connectivity index (χ1v) is 7.43. The Morgan fingerprint density at radius 2 is 2.05 bits per heavy atom. The molecule has 1 aromatic carbocycles. The number of benzene rings is 1. The highest BCUT2D eigenvalue weighted by atomic mass is 32.2. The van der Waals surface area contributed by atoms with Crippen LogP contribution in [-0.2, 0) is 10.0 Å². The van der Waals surface area contributed by atoms with Crippen molar-refractivity contribution in [3.05, 3.63) is 29.3 Å². The summed E-state index contributed by atoms with van der Waals surface area (Å²) >= 11 is 0. The number of carbonyl (C=O) groups is 1. The second-order valence-corrected chi connectivity index (χ2v) is 6.26. The molecule has 0 saturated heterocycles. The Kier molecular flexibility index (Phi) is 5.76. The van der Waals surface area contributed by atoms with Gasteiger partial charge in [0.15, 0.2) is 0 Å². The number of sulfonamides is 1. The van der Waals surface area contributed by atoms with Crippen LogP contribution in [0.25, 0.3) is 0 Å². The maximum absolute atomic E-state index is 12.5. The van der Waals surface area contributed by atoms with Crippen LogP contribution in [0, 0.1) is 6.92 Å². The molecule has 21 heavy (non-hydrogen) atoms.